The molecule has 0 amide bonds. The quantitative estimate of drug-likeness (QED) is 0.218. The second kappa shape index (κ2) is 9.45. The zero-order chi connectivity index (χ0) is 27.4. The van der Waals surface area contributed by atoms with Crippen molar-refractivity contribution in [3.8, 4) is 11.3 Å². The molecule has 2 aromatic carbocycles. The molecule has 200 valence electrons. The maximum atomic E-state index is 13.0. The molecule has 1 fully saturated rings. The molecular formula is C25H21BrF3N3O5S. The van der Waals surface area contributed by atoms with Gasteiger partial charge in [0.1, 0.15) is 11.4 Å². The van der Waals surface area contributed by atoms with E-state index in [0.29, 0.717) is 38.9 Å². The molecule has 2 heterocycles. The van der Waals surface area contributed by atoms with Gasteiger partial charge in [0.25, 0.3) is 0 Å². The summed E-state index contributed by atoms with van der Waals surface area (Å²) in [7, 11) is -5.67. The Hall–Kier alpha value is -3.32. The van der Waals surface area contributed by atoms with Gasteiger partial charge in [-0.25, -0.2) is 9.78 Å². The first-order valence-corrected chi connectivity index (χ1v) is 13.9. The number of imidazole rings is 1. The van der Waals surface area contributed by atoms with Gasteiger partial charge in [-0.2, -0.15) is 21.6 Å². The van der Waals surface area contributed by atoms with Gasteiger partial charge in [-0.1, -0.05) is 31.2 Å². The van der Waals surface area contributed by atoms with Crippen LogP contribution in [0.1, 0.15) is 53.3 Å². The molecule has 2 aromatic heterocycles. The summed E-state index contributed by atoms with van der Waals surface area (Å²) in [6.07, 6.45) is 2.31. The molecule has 0 aliphatic heterocycles. The average molecular weight is 617 g/mol. The highest BCUT2D eigenvalue weighted by atomic mass is 79.9. The SMILES string of the molecule is [13CH3][13CH2][13c]1[15n]c(C2CC2)c(C(=O)O)[15n]1Cc1cccc2oc(-c3ccccc3NS(=O)(=O)C(F)(F)F)c(Br)c12. The predicted molar refractivity (Wildman–Crippen MR) is 138 cm³/mol. The minimum Gasteiger partial charge on any atom is -0.477 e. The van der Waals surface area contributed by atoms with Gasteiger partial charge >= 0.3 is 21.5 Å². The van der Waals surface area contributed by atoms with Gasteiger partial charge in [0.2, 0.25) is 0 Å². The van der Waals surface area contributed by atoms with Crippen molar-refractivity contribution in [2.24, 2.45) is 0 Å². The zero-order valence-corrected chi connectivity index (χ0v) is 22.2. The molecule has 4 aromatic rings. The molecule has 0 atom stereocenters. The topological polar surface area (TPSA) is 114 Å². The zero-order valence-electron chi connectivity index (χ0n) is 19.8. The summed E-state index contributed by atoms with van der Waals surface area (Å²) >= 11 is 3.49. The number of furan rings is 1. The van der Waals surface area contributed by atoms with Gasteiger partial charge < -0.3 is 14.1 Å². The largest absolute Gasteiger partial charge is 0.516 e. The minimum absolute atomic E-state index is 0.0912. The number of nitrogens with zero attached hydrogens (tertiary/aromatic N) is 2. The standard InChI is InChI=1S/C25H21BrF3N3O5S/c1-2-18-30-21(13-10-11-13)22(24(33)34)32(18)12-14-6-5-9-17-19(14)20(26)23(37-17)15-7-3-4-8-16(15)31-38(35,36)25(27,28)29/h3-9,13,31H,2,10-12H2,1H3,(H,33,34)/i1+1,2+1,18+1,30+1,32+1. The number of alkyl halides is 3. The monoisotopic (exact) mass is 616 g/mol. The van der Waals surface area contributed by atoms with E-state index in [4.69, 9.17) is 4.42 Å². The van der Waals surface area contributed by atoms with Crippen LogP contribution < -0.4 is 4.72 Å². The van der Waals surface area contributed by atoms with Gasteiger partial charge in [0.05, 0.1) is 22.4 Å². The molecule has 8 nitrogen and oxygen atoms in total. The number of para-hydroxylation sites is 1. The van der Waals surface area contributed by atoms with Crippen molar-refractivity contribution in [2.45, 2.75) is 44.2 Å². The van der Waals surface area contributed by atoms with Crippen LogP contribution in [0, 0.1) is 0 Å². The van der Waals surface area contributed by atoms with Crippen LogP contribution >= 0.6 is 15.9 Å². The highest BCUT2D eigenvalue weighted by Gasteiger charge is 2.46. The first-order chi connectivity index (χ1) is 17.9. The number of carbonyl (C=O) groups is 1. The molecule has 0 spiro atoms. The van der Waals surface area contributed by atoms with Crippen LogP contribution in [-0.4, -0.2) is 34.6 Å². The molecule has 0 unspecified atom stereocenters. The third-order valence-corrected chi connectivity index (χ3v) is 8.20. The van der Waals surface area contributed by atoms with Gasteiger partial charge in [-0.05, 0) is 52.5 Å². The third-order valence-electron chi connectivity index (χ3n) is 6.35. The third kappa shape index (κ3) is 4.57. The Morgan fingerprint density at radius 1 is 1.21 bits per heavy atom. The Bertz CT molecular complexity index is 1670. The summed E-state index contributed by atoms with van der Waals surface area (Å²) in [5.74, 6) is -0.184. The number of sulfonamides is 1. The van der Waals surface area contributed by atoms with Gasteiger partial charge in [-0.15, -0.1) is 0 Å². The van der Waals surface area contributed by atoms with E-state index in [1.165, 1.54) is 18.2 Å². The number of carboxylic acid groups (broad SMARTS) is 1. The lowest BCUT2D eigenvalue weighted by Gasteiger charge is -2.13. The Balaban J connectivity index is 1.62. The van der Waals surface area contributed by atoms with E-state index in [1.807, 2.05) is 6.92 Å². The second-order valence-corrected chi connectivity index (χ2v) is 11.4. The van der Waals surface area contributed by atoms with Crippen LogP contribution in [0.5, 0.6) is 0 Å². The Morgan fingerprint density at radius 2 is 1.92 bits per heavy atom. The number of carboxylic acids is 1. The van der Waals surface area contributed by atoms with Crippen LogP contribution in [0.2, 0.25) is 0 Å². The number of aromatic carboxylic acids is 1. The van der Waals surface area contributed by atoms with Crippen LogP contribution in [0.4, 0.5) is 18.9 Å². The Labute approximate surface area is 223 Å². The van der Waals surface area contributed by atoms with Crippen molar-refractivity contribution < 1.29 is 35.9 Å². The summed E-state index contributed by atoms with van der Waals surface area (Å²) in [5, 5.41) is 10.6. The van der Waals surface area contributed by atoms with E-state index in [9.17, 15) is 31.5 Å². The lowest BCUT2D eigenvalue weighted by molar-refractivity contribution is -0.0429. The van der Waals surface area contributed by atoms with Crippen LogP contribution in [0.15, 0.2) is 51.4 Å². The van der Waals surface area contributed by atoms with E-state index in [0.717, 1.165) is 12.8 Å². The number of rotatable bonds is 8. The number of fused-ring (bicyclic) bond motifs is 1. The van der Waals surface area contributed by atoms with Crippen molar-refractivity contribution >= 4 is 48.6 Å². The van der Waals surface area contributed by atoms with Gasteiger partial charge in [0, 0.05) is 23.3 Å². The fourth-order valence-electron chi connectivity index (χ4n) is 4.45. The Morgan fingerprint density at radius 3 is 2.55 bits per heavy atom. The van der Waals surface area contributed by atoms with Crippen LogP contribution in [0.3, 0.4) is 0 Å². The summed E-state index contributed by atoms with van der Waals surface area (Å²) < 4.78 is 72.3. The normalized spacial score (nSPS) is 14.2. The first-order valence-electron chi connectivity index (χ1n) is 11.6. The number of benzene rings is 2. The summed E-state index contributed by atoms with van der Waals surface area (Å²) in [6.45, 7) is 2.06. The van der Waals surface area contributed by atoms with E-state index < -0.39 is 21.5 Å². The molecule has 2 N–H and O–H groups in total. The van der Waals surface area contributed by atoms with Crippen molar-refractivity contribution in [1.29, 1.82) is 0 Å². The fourth-order valence-corrected chi connectivity index (χ4v) is 5.78. The molecule has 13 heteroatoms. The average Bonchev–Trinajstić information content (AvgIpc) is 3.55. The van der Waals surface area contributed by atoms with Crippen molar-refractivity contribution in [3.63, 3.8) is 0 Å². The minimum atomic E-state index is -5.67. The second-order valence-electron chi connectivity index (χ2n) is 8.91. The van der Waals surface area contributed by atoms with Crippen molar-refractivity contribution in [3.05, 3.63) is 69.7 Å². The maximum absolute atomic E-state index is 13.0. The lowest BCUT2D eigenvalue weighted by atomic mass is 10.1. The molecule has 1 aliphatic rings. The lowest BCUT2D eigenvalue weighted by Crippen LogP contribution is -2.30. The van der Waals surface area contributed by atoms with Gasteiger partial charge in [-0.3, -0.25) is 4.72 Å². The smallest absolute Gasteiger partial charge is 0.477 e. The molecule has 1 saturated carbocycles. The fraction of sp³-hybridized carbons (Fsp3) is 0.280. The van der Waals surface area contributed by atoms with E-state index in [-0.39, 0.29) is 35.2 Å². The summed E-state index contributed by atoms with van der Waals surface area (Å²) in [4.78, 5) is 16.8. The number of nitrogens with one attached hydrogen (secondary N) is 1. The molecule has 0 bridgehead atoms. The highest BCUT2D eigenvalue weighted by Crippen LogP contribution is 2.44. The predicted octanol–water partition coefficient (Wildman–Crippen LogP) is 6.51. The number of aromatic nitrogens is 2. The van der Waals surface area contributed by atoms with Crippen molar-refractivity contribution in [1.82, 2.24) is 9.55 Å². The molecule has 5 rings (SSSR count). The van der Waals surface area contributed by atoms with E-state index in [1.54, 1.807) is 33.6 Å². The summed E-state index contributed by atoms with van der Waals surface area (Å²) in [5.41, 5.74) is -3.91. The Kier molecular flexibility index (Phi) is 6.54. The maximum Gasteiger partial charge on any atom is 0.516 e. The molecule has 1 aliphatic carbocycles. The number of hydrogen-bond acceptors (Lipinski definition) is 5. The molecular weight excluding hydrogens is 596 g/mol. The highest BCUT2D eigenvalue weighted by molar-refractivity contribution is 9.10. The van der Waals surface area contributed by atoms with Crippen molar-refractivity contribution in [2.75, 3.05) is 4.72 Å². The molecule has 0 saturated heterocycles. The number of aryl methyl sites for hydroxylation is 1. The molecule has 38 heavy (non-hydrogen) atoms. The van der Waals surface area contributed by atoms with Crippen LogP contribution in [-0.2, 0) is 23.0 Å². The number of anilines is 1. The van der Waals surface area contributed by atoms with E-state index >= 15 is 0 Å². The van der Waals surface area contributed by atoms with E-state index in [2.05, 4.69) is 20.9 Å². The molecule has 0 radical (unpaired) electrons. The first kappa shape index (κ1) is 26.3. The number of hydrogen-bond donors (Lipinski definition) is 2. The van der Waals surface area contributed by atoms with Gasteiger partial charge in [0.15, 0.2) is 11.5 Å². The van der Waals surface area contributed by atoms with Crippen LogP contribution in [0.25, 0.3) is 22.3 Å². The number of halogens is 4. The summed E-state index contributed by atoms with van der Waals surface area (Å²) in [6, 6.07) is 10.8.